The molecule has 0 amide bonds. The molecule has 0 unspecified atom stereocenters. The van der Waals surface area contributed by atoms with Crippen molar-refractivity contribution >= 4 is 11.4 Å². The van der Waals surface area contributed by atoms with Crippen molar-refractivity contribution in [2.45, 2.75) is 0 Å². The summed E-state index contributed by atoms with van der Waals surface area (Å²) in [6, 6.07) is 10.0. The fourth-order valence-electron chi connectivity index (χ4n) is 1.50. The molecule has 0 aliphatic carbocycles. The molecule has 0 atom stereocenters. The molecule has 0 aliphatic heterocycles. The van der Waals surface area contributed by atoms with E-state index in [0.717, 1.165) is 0 Å². The molecule has 0 spiro atoms. The zero-order valence-corrected chi connectivity index (χ0v) is 9.21. The molecule has 2 nitrogen and oxygen atoms in total. The van der Waals surface area contributed by atoms with Crippen LogP contribution in [0, 0.1) is 11.6 Å². The van der Waals surface area contributed by atoms with Gasteiger partial charge in [0.05, 0.1) is 12.8 Å². The molecule has 1 N–H and O–H groups in total. The SMILES string of the molecule is COc1ccc(F)cc1Nc1cccc(F)c1. The molecule has 0 heterocycles. The van der Waals surface area contributed by atoms with E-state index in [1.165, 1.54) is 37.4 Å². The summed E-state index contributed by atoms with van der Waals surface area (Å²) in [5, 5.41) is 2.90. The van der Waals surface area contributed by atoms with Gasteiger partial charge in [-0.25, -0.2) is 8.78 Å². The van der Waals surface area contributed by atoms with Crippen molar-refractivity contribution in [3.63, 3.8) is 0 Å². The zero-order valence-electron chi connectivity index (χ0n) is 9.21. The van der Waals surface area contributed by atoms with Crippen molar-refractivity contribution in [3.8, 4) is 5.75 Å². The van der Waals surface area contributed by atoms with Crippen LogP contribution in [0.25, 0.3) is 0 Å². The molecule has 17 heavy (non-hydrogen) atoms. The van der Waals surface area contributed by atoms with Crippen LogP contribution in [-0.2, 0) is 0 Å². The van der Waals surface area contributed by atoms with Crippen LogP contribution in [0.3, 0.4) is 0 Å². The Morgan fingerprint density at radius 3 is 2.47 bits per heavy atom. The highest BCUT2D eigenvalue weighted by atomic mass is 19.1. The van der Waals surface area contributed by atoms with Crippen molar-refractivity contribution in [2.24, 2.45) is 0 Å². The highest BCUT2D eigenvalue weighted by Crippen LogP contribution is 2.28. The van der Waals surface area contributed by atoms with Crippen LogP contribution >= 0.6 is 0 Å². The summed E-state index contributed by atoms with van der Waals surface area (Å²) >= 11 is 0. The summed E-state index contributed by atoms with van der Waals surface area (Å²) in [4.78, 5) is 0. The van der Waals surface area contributed by atoms with Gasteiger partial charge in [-0.15, -0.1) is 0 Å². The van der Waals surface area contributed by atoms with Crippen LogP contribution in [-0.4, -0.2) is 7.11 Å². The molecule has 0 saturated carbocycles. The van der Waals surface area contributed by atoms with Gasteiger partial charge in [0.2, 0.25) is 0 Å². The minimum Gasteiger partial charge on any atom is -0.495 e. The Morgan fingerprint density at radius 2 is 1.76 bits per heavy atom. The van der Waals surface area contributed by atoms with E-state index in [-0.39, 0.29) is 11.6 Å². The summed E-state index contributed by atoms with van der Waals surface area (Å²) in [6.45, 7) is 0. The van der Waals surface area contributed by atoms with Gasteiger partial charge in [0.25, 0.3) is 0 Å². The third-order valence-electron chi connectivity index (χ3n) is 2.27. The van der Waals surface area contributed by atoms with Crippen molar-refractivity contribution in [1.29, 1.82) is 0 Å². The number of rotatable bonds is 3. The van der Waals surface area contributed by atoms with Crippen LogP contribution in [0.4, 0.5) is 20.2 Å². The van der Waals surface area contributed by atoms with E-state index >= 15 is 0 Å². The van der Waals surface area contributed by atoms with Gasteiger partial charge in [-0.05, 0) is 30.3 Å². The van der Waals surface area contributed by atoms with Crippen molar-refractivity contribution in [1.82, 2.24) is 0 Å². The first-order chi connectivity index (χ1) is 8.19. The minimum atomic E-state index is -0.385. The second kappa shape index (κ2) is 4.82. The van der Waals surface area contributed by atoms with Crippen molar-refractivity contribution in [2.75, 3.05) is 12.4 Å². The van der Waals surface area contributed by atoms with Gasteiger partial charge >= 0.3 is 0 Å². The number of hydrogen-bond acceptors (Lipinski definition) is 2. The Hall–Kier alpha value is -2.10. The molecule has 2 aromatic rings. The first kappa shape index (κ1) is 11.4. The molecule has 2 rings (SSSR count). The van der Waals surface area contributed by atoms with Gasteiger partial charge in [0.15, 0.2) is 0 Å². The van der Waals surface area contributed by atoms with Gasteiger partial charge in [-0.3, -0.25) is 0 Å². The lowest BCUT2D eigenvalue weighted by Crippen LogP contribution is -1.95. The Bertz CT molecular complexity index is 529. The lowest BCUT2D eigenvalue weighted by atomic mass is 10.2. The van der Waals surface area contributed by atoms with E-state index in [1.807, 2.05) is 0 Å². The third-order valence-corrected chi connectivity index (χ3v) is 2.27. The standard InChI is InChI=1S/C13H11F2NO/c1-17-13-6-5-10(15)8-12(13)16-11-4-2-3-9(14)7-11/h2-8,16H,1H3. The number of hydrogen-bond donors (Lipinski definition) is 1. The third kappa shape index (κ3) is 2.72. The van der Waals surface area contributed by atoms with E-state index in [4.69, 9.17) is 4.74 Å². The highest BCUT2D eigenvalue weighted by molar-refractivity contribution is 5.66. The fraction of sp³-hybridized carbons (Fsp3) is 0.0769. The summed E-state index contributed by atoms with van der Waals surface area (Å²) in [5.74, 6) is -0.245. The van der Waals surface area contributed by atoms with Gasteiger partial charge in [0, 0.05) is 11.8 Å². The van der Waals surface area contributed by atoms with Crippen LogP contribution < -0.4 is 10.1 Å². The first-order valence-electron chi connectivity index (χ1n) is 5.05. The maximum atomic E-state index is 13.1. The highest BCUT2D eigenvalue weighted by Gasteiger charge is 2.05. The Balaban J connectivity index is 2.32. The molecule has 4 heteroatoms. The minimum absolute atomic E-state index is 0.356. The number of benzene rings is 2. The van der Waals surface area contributed by atoms with Crippen molar-refractivity contribution in [3.05, 3.63) is 54.1 Å². The summed E-state index contributed by atoms with van der Waals surface area (Å²) in [7, 11) is 1.49. The van der Waals surface area contributed by atoms with E-state index in [2.05, 4.69) is 5.32 Å². The quantitative estimate of drug-likeness (QED) is 0.875. The van der Waals surface area contributed by atoms with Gasteiger partial charge in [-0.1, -0.05) is 6.07 Å². The maximum Gasteiger partial charge on any atom is 0.142 e. The maximum absolute atomic E-state index is 13.1. The molecule has 88 valence electrons. The van der Waals surface area contributed by atoms with Crippen molar-refractivity contribution < 1.29 is 13.5 Å². The molecule has 0 aromatic heterocycles. The zero-order chi connectivity index (χ0) is 12.3. The van der Waals surface area contributed by atoms with Gasteiger partial charge in [0.1, 0.15) is 17.4 Å². The molecule has 2 aromatic carbocycles. The largest absolute Gasteiger partial charge is 0.495 e. The van der Waals surface area contributed by atoms with E-state index in [9.17, 15) is 8.78 Å². The first-order valence-corrected chi connectivity index (χ1v) is 5.05. The Kier molecular flexibility index (Phi) is 3.23. The normalized spacial score (nSPS) is 10.1. The average Bonchev–Trinajstić information content (AvgIpc) is 2.29. The summed E-state index contributed by atoms with van der Waals surface area (Å²) < 4.78 is 31.2. The number of nitrogens with one attached hydrogen (secondary N) is 1. The van der Waals surface area contributed by atoms with Gasteiger partial charge in [-0.2, -0.15) is 0 Å². The second-order valence-electron chi connectivity index (χ2n) is 3.48. The molecule has 0 fully saturated rings. The Labute approximate surface area is 97.8 Å². The molecular formula is C13H11F2NO. The van der Waals surface area contributed by atoms with Crippen LogP contribution in [0.15, 0.2) is 42.5 Å². The summed E-state index contributed by atoms with van der Waals surface area (Å²) in [5.41, 5.74) is 0.993. The van der Waals surface area contributed by atoms with E-state index in [0.29, 0.717) is 17.1 Å². The van der Waals surface area contributed by atoms with E-state index < -0.39 is 0 Å². The van der Waals surface area contributed by atoms with E-state index in [1.54, 1.807) is 12.1 Å². The van der Waals surface area contributed by atoms with Gasteiger partial charge < -0.3 is 10.1 Å². The predicted octanol–water partition coefficient (Wildman–Crippen LogP) is 3.72. The number of anilines is 2. The topological polar surface area (TPSA) is 21.3 Å². The van der Waals surface area contributed by atoms with Crippen LogP contribution in [0.1, 0.15) is 0 Å². The number of halogens is 2. The lowest BCUT2D eigenvalue weighted by molar-refractivity contribution is 0.416. The fourth-order valence-corrected chi connectivity index (χ4v) is 1.50. The molecule has 0 saturated heterocycles. The molecule has 0 aliphatic rings. The number of methoxy groups -OCH3 is 1. The second-order valence-corrected chi connectivity index (χ2v) is 3.48. The van der Waals surface area contributed by atoms with Crippen LogP contribution in [0.2, 0.25) is 0 Å². The molecule has 0 radical (unpaired) electrons. The number of ether oxygens (including phenoxy) is 1. The smallest absolute Gasteiger partial charge is 0.142 e. The monoisotopic (exact) mass is 235 g/mol. The molecular weight excluding hydrogens is 224 g/mol. The average molecular weight is 235 g/mol. The summed E-state index contributed by atoms with van der Waals surface area (Å²) in [6.07, 6.45) is 0. The van der Waals surface area contributed by atoms with Crippen LogP contribution in [0.5, 0.6) is 5.75 Å². The lowest BCUT2D eigenvalue weighted by Gasteiger charge is -2.11. The molecule has 0 bridgehead atoms. The Morgan fingerprint density at radius 1 is 1.00 bits per heavy atom. The predicted molar refractivity (Wildman–Crippen MR) is 62.6 cm³/mol.